The molecule has 0 radical (unpaired) electrons. The van der Waals surface area contributed by atoms with E-state index in [2.05, 4.69) is 15.2 Å². The van der Waals surface area contributed by atoms with Crippen molar-refractivity contribution in [3.8, 4) is 0 Å². The minimum Gasteiger partial charge on any atom is -0.357 e. The highest BCUT2D eigenvalue weighted by Gasteiger charge is 2.03. The zero-order valence-corrected chi connectivity index (χ0v) is 8.55. The molecule has 2 aromatic heterocycles. The molecule has 0 aliphatic rings. The Kier molecular flexibility index (Phi) is 3.01. The lowest BCUT2D eigenvalue weighted by atomic mass is 10.2. The Bertz CT molecular complexity index is 390. The molecule has 0 bridgehead atoms. The molecule has 3 heteroatoms. The number of hydrogen-bond acceptors (Lipinski definition) is 2. The molecule has 2 aromatic rings. The van der Waals surface area contributed by atoms with Gasteiger partial charge >= 0.3 is 0 Å². The van der Waals surface area contributed by atoms with Crippen molar-refractivity contribution < 1.29 is 0 Å². The van der Waals surface area contributed by atoms with Crippen molar-refractivity contribution in [3.05, 3.63) is 23.5 Å². The van der Waals surface area contributed by atoms with Gasteiger partial charge in [-0.3, -0.25) is 0 Å². The summed E-state index contributed by atoms with van der Waals surface area (Å²) in [5.74, 6) is 0. The first-order chi connectivity index (χ1) is 6.29. The Morgan fingerprint density at radius 1 is 1.23 bits per heavy atom. The van der Waals surface area contributed by atoms with E-state index in [0.717, 1.165) is 11.0 Å². The number of aromatic nitrogens is 3. The second-order valence-corrected chi connectivity index (χ2v) is 2.67. The predicted molar refractivity (Wildman–Crippen MR) is 54.7 cm³/mol. The summed E-state index contributed by atoms with van der Waals surface area (Å²) in [6.45, 7) is 8.08. The van der Waals surface area contributed by atoms with Gasteiger partial charge in [0.05, 0.1) is 11.7 Å². The standard InChI is InChI=1S/C8H9N3.C2H6/c1-5-6(2)10-7-3-4-9-11-8(5)7;1-2/h3-4,10H,1-2H3;1-2H3. The zero-order valence-electron chi connectivity index (χ0n) is 8.55. The summed E-state index contributed by atoms with van der Waals surface area (Å²) in [6.07, 6.45) is 1.69. The number of nitrogens with one attached hydrogen (secondary N) is 1. The highest BCUT2D eigenvalue weighted by molar-refractivity contribution is 5.79. The summed E-state index contributed by atoms with van der Waals surface area (Å²) in [5, 5.41) is 7.84. The van der Waals surface area contributed by atoms with Gasteiger partial charge in [-0.2, -0.15) is 5.10 Å². The van der Waals surface area contributed by atoms with E-state index in [1.54, 1.807) is 6.20 Å². The molecule has 0 aliphatic carbocycles. The molecule has 0 atom stereocenters. The molecule has 0 saturated heterocycles. The van der Waals surface area contributed by atoms with E-state index in [1.165, 1.54) is 11.3 Å². The van der Waals surface area contributed by atoms with Gasteiger partial charge < -0.3 is 4.98 Å². The number of aryl methyl sites for hydroxylation is 2. The molecule has 0 aliphatic heterocycles. The van der Waals surface area contributed by atoms with Crippen LogP contribution in [0.15, 0.2) is 12.3 Å². The van der Waals surface area contributed by atoms with Gasteiger partial charge in [0.1, 0.15) is 5.52 Å². The van der Waals surface area contributed by atoms with Gasteiger partial charge in [0.15, 0.2) is 0 Å². The van der Waals surface area contributed by atoms with Crippen LogP contribution in [0.1, 0.15) is 25.1 Å². The average Bonchev–Trinajstić information content (AvgIpc) is 2.47. The SMILES string of the molecule is CC.Cc1[nH]c2ccnnc2c1C. The maximum Gasteiger partial charge on any atom is 0.114 e. The van der Waals surface area contributed by atoms with Gasteiger partial charge in [-0.15, -0.1) is 5.10 Å². The Labute approximate surface area is 78.2 Å². The number of hydrogen-bond donors (Lipinski definition) is 1. The van der Waals surface area contributed by atoms with Crippen molar-refractivity contribution in [1.82, 2.24) is 15.2 Å². The van der Waals surface area contributed by atoms with E-state index in [-0.39, 0.29) is 0 Å². The third-order valence-electron chi connectivity index (χ3n) is 1.96. The summed E-state index contributed by atoms with van der Waals surface area (Å²) < 4.78 is 0. The van der Waals surface area contributed by atoms with Gasteiger partial charge in [0.25, 0.3) is 0 Å². The topological polar surface area (TPSA) is 41.6 Å². The fourth-order valence-corrected chi connectivity index (χ4v) is 1.18. The van der Waals surface area contributed by atoms with E-state index < -0.39 is 0 Å². The van der Waals surface area contributed by atoms with Crippen LogP contribution in [0, 0.1) is 13.8 Å². The van der Waals surface area contributed by atoms with Crippen LogP contribution in [0.25, 0.3) is 11.0 Å². The van der Waals surface area contributed by atoms with Crippen molar-refractivity contribution in [3.63, 3.8) is 0 Å². The lowest BCUT2D eigenvalue weighted by molar-refractivity contribution is 1.07. The average molecular weight is 177 g/mol. The number of nitrogens with zero attached hydrogens (tertiary/aromatic N) is 2. The summed E-state index contributed by atoms with van der Waals surface area (Å²) in [4.78, 5) is 3.22. The lowest BCUT2D eigenvalue weighted by Gasteiger charge is -1.85. The first-order valence-electron chi connectivity index (χ1n) is 4.55. The van der Waals surface area contributed by atoms with Crippen LogP contribution in [0.4, 0.5) is 0 Å². The van der Waals surface area contributed by atoms with Gasteiger partial charge in [-0.05, 0) is 25.5 Å². The highest BCUT2D eigenvalue weighted by atomic mass is 15.1. The van der Waals surface area contributed by atoms with Gasteiger partial charge in [-0.25, -0.2) is 0 Å². The van der Waals surface area contributed by atoms with E-state index >= 15 is 0 Å². The molecule has 3 nitrogen and oxygen atoms in total. The molecule has 0 unspecified atom stereocenters. The number of fused-ring (bicyclic) bond motifs is 1. The molecule has 2 rings (SSSR count). The van der Waals surface area contributed by atoms with Gasteiger partial charge in [0, 0.05) is 5.69 Å². The first-order valence-corrected chi connectivity index (χ1v) is 4.55. The molecule has 2 heterocycles. The van der Waals surface area contributed by atoms with Crippen molar-refractivity contribution in [2.45, 2.75) is 27.7 Å². The third kappa shape index (κ3) is 1.69. The Balaban J connectivity index is 0.000000396. The molecule has 0 saturated carbocycles. The van der Waals surface area contributed by atoms with Crippen LogP contribution in [-0.4, -0.2) is 15.2 Å². The minimum absolute atomic E-state index is 0.977. The fraction of sp³-hybridized carbons (Fsp3) is 0.400. The van der Waals surface area contributed by atoms with Crippen molar-refractivity contribution in [2.24, 2.45) is 0 Å². The first kappa shape index (κ1) is 9.71. The van der Waals surface area contributed by atoms with Crippen LogP contribution < -0.4 is 0 Å². The molecular weight excluding hydrogens is 162 g/mol. The number of H-pyrrole nitrogens is 1. The van der Waals surface area contributed by atoms with E-state index in [1.807, 2.05) is 33.8 Å². The Morgan fingerprint density at radius 3 is 2.54 bits per heavy atom. The lowest BCUT2D eigenvalue weighted by Crippen LogP contribution is -1.79. The Morgan fingerprint density at radius 2 is 1.92 bits per heavy atom. The summed E-state index contributed by atoms with van der Waals surface area (Å²) in [7, 11) is 0. The summed E-state index contributed by atoms with van der Waals surface area (Å²) >= 11 is 0. The monoisotopic (exact) mass is 177 g/mol. The van der Waals surface area contributed by atoms with Gasteiger partial charge in [-0.1, -0.05) is 13.8 Å². The van der Waals surface area contributed by atoms with E-state index in [9.17, 15) is 0 Å². The molecule has 13 heavy (non-hydrogen) atoms. The molecule has 0 amide bonds. The smallest absolute Gasteiger partial charge is 0.114 e. The maximum absolute atomic E-state index is 4.02. The normalized spacial score (nSPS) is 9.54. The summed E-state index contributed by atoms with van der Waals surface area (Å²) in [5.41, 5.74) is 4.40. The van der Waals surface area contributed by atoms with Crippen molar-refractivity contribution >= 4 is 11.0 Å². The third-order valence-corrected chi connectivity index (χ3v) is 1.96. The summed E-state index contributed by atoms with van der Waals surface area (Å²) in [6, 6.07) is 1.93. The largest absolute Gasteiger partial charge is 0.357 e. The quantitative estimate of drug-likeness (QED) is 0.672. The van der Waals surface area contributed by atoms with E-state index in [0.29, 0.717) is 0 Å². The zero-order chi connectivity index (χ0) is 9.84. The van der Waals surface area contributed by atoms with Crippen LogP contribution >= 0.6 is 0 Å². The molecule has 70 valence electrons. The molecule has 0 fully saturated rings. The molecule has 0 spiro atoms. The molecular formula is C10H15N3. The predicted octanol–water partition coefficient (Wildman–Crippen LogP) is 2.60. The fourth-order valence-electron chi connectivity index (χ4n) is 1.18. The van der Waals surface area contributed by atoms with Crippen LogP contribution in [0.2, 0.25) is 0 Å². The second kappa shape index (κ2) is 4.03. The van der Waals surface area contributed by atoms with Crippen molar-refractivity contribution in [1.29, 1.82) is 0 Å². The Hall–Kier alpha value is -1.38. The number of rotatable bonds is 0. The maximum atomic E-state index is 4.02. The molecule has 0 aromatic carbocycles. The van der Waals surface area contributed by atoms with Gasteiger partial charge in [0.2, 0.25) is 0 Å². The van der Waals surface area contributed by atoms with Crippen LogP contribution in [0.5, 0.6) is 0 Å². The highest BCUT2D eigenvalue weighted by Crippen LogP contribution is 2.16. The van der Waals surface area contributed by atoms with Crippen molar-refractivity contribution in [2.75, 3.05) is 0 Å². The van der Waals surface area contributed by atoms with Crippen LogP contribution in [0.3, 0.4) is 0 Å². The van der Waals surface area contributed by atoms with Crippen LogP contribution in [-0.2, 0) is 0 Å². The second-order valence-electron chi connectivity index (χ2n) is 2.67. The molecule has 1 N–H and O–H groups in total. The van der Waals surface area contributed by atoms with E-state index in [4.69, 9.17) is 0 Å². The number of aromatic amines is 1. The minimum atomic E-state index is 0.977.